The summed E-state index contributed by atoms with van der Waals surface area (Å²) in [5.74, 6) is -0.575. The minimum Gasteiger partial charge on any atom is -0.464 e. The molecule has 2 N–H and O–H groups in total. The molecule has 0 radical (unpaired) electrons. The first-order valence-corrected chi connectivity index (χ1v) is 8.66. The molecule has 2 aromatic carbocycles. The highest BCUT2D eigenvalue weighted by atomic mass is 16.5. The Morgan fingerprint density at radius 1 is 1.15 bits per heavy atom. The molecule has 0 bridgehead atoms. The number of aryl methyl sites for hydroxylation is 1. The summed E-state index contributed by atoms with van der Waals surface area (Å²) >= 11 is 0. The molecule has 0 spiro atoms. The second-order valence-corrected chi connectivity index (χ2v) is 6.12. The van der Waals surface area contributed by atoms with Gasteiger partial charge in [0.15, 0.2) is 5.43 Å². The molecular weight excluding hydrogens is 328 g/mol. The summed E-state index contributed by atoms with van der Waals surface area (Å²) in [6, 6.07) is 15.2. The van der Waals surface area contributed by atoms with E-state index in [-0.39, 0.29) is 23.2 Å². The van der Waals surface area contributed by atoms with Gasteiger partial charge >= 0.3 is 5.97 Å². The number of carbonyl (C=O) groups is 1. The first kappa shape index (κ1) is 17.9. The van der Waals surface area contributed by atoms with E-state index in [9.17, 15) is 9.59 Å². The summed E-state index contributed by atoms with van der Waals surface area (Å²) in [5, 5.41) is 0.543. The Bertz CT molecular complexity index is 1010. The van der Waals surface area contributed by atoms with Crippen LogP contribution in [0.2, 0.25) is 0 Å². The van der Waals surface area contributed by atoms with E-state index in [4.69, 9.17) is 10.5 Å². The lowest BCUT2D eigenvalue weighted by Crippen LogP contribution is -2.26. The summed E-state index contributed by atoms with van der Waals surface area (Å²) in [5.41, 5.74) is 8.64. The van der Waals surface area contributed by atoms with Crippen molar-refractivity contribution in [2.45, 2.75) is 26.3 Å². The van der Waals surface area contributed by atoms with Crippen molar-refractivity contribution in [3.8, 4) is 5.69 Å². The van der Waals surface area contributed by atoms with E-state index in [0.717, 1.165) is 24.1 Å². The first-order valence-electron chi connectivity index (χ1n) is 8.66. The van der Waals surface area contributed by atoms with Crippen molar-refractivity contribution < 1.29 is 9.53 Å². The fraction of sp³-hybridized carbons (Fsp3) is 0.238. The Balaban J connectivity index is 2.51. The average molecular weight is 350 g/mol. The third-order valence-electron chi connectivity index (χ3n) is 4.47. The Morgan fingerprint density at radius 3 is 2.50 bits per heavy atom. The molecular formula is C21H22N2O3. The Hall–Kier alpha value is -2.92. The number of pyridine rings is 1. The number of aromatic nitrogens is 1. The molecule has 0 fully saturated rings. The topological polar surface area (TPSA) is 74.3 Å². The lowest BCUT2D eigenvalue weighted by molar-refractivity contribution is 0.0589. The van der Waals surface area contributed by atoms with Crippen LogP contribution in [-0.2, 0) is 17.7 Å². The van der Waals surface area contributed by atoms with Gasteiger partial charge in [-0.25, -0.2) is 4.79 Å². The molecule has 1 heterocycles. The number of fused-ring (bicyclic) bond motifs is 1. The maximum atomic E-state index is 13.0. The monoisotopic (exact) mass is 350 g/mol. The lowest BCUT2D eigenvalue weighted by Gasteiger charge is -2.19. The van der Waals surface area contributed by atoms with Crippen LogP contribution in [0, 0.1) is 0 Å². The van der Waals surface area contributed by atoms with Gasteiger partial charge in [0.1, 0.15) is 5.69 Å². The van der Waals surface area contributed by atoms with Crippen molar-refractivity contribution in [1.29, 1.82) is 0 Å². The number of rotatable bonds is 5. The predicted octanol–water partition coefficient (Wildman–Crippen LogP) is 3.19. The predicted molar refractivity (Wildman–Crippen MR) is 103 cm³/mol. The number of esters is 1. The Kier molecular flexibility index (Phi) is 5.19. The van der Waals surface area contributed by atoms with Crippen LogP contribution < -0.4 is 11.2 Å². The quantitative estimate of drug-likeness (QED) is 0.717. The van der Waals surface area contributed by atoms with Gasteiger partial charge in [-0.3, -0.25) is 4.79 Å². The summed E-state index contributed by atoms with van der Waals surface area (Å²) < 4.78 is 6.75. The zero-order valence-electron chi connectivity index (χ0n) is 15.0. The van der Waals surface area contributed by atoms with E-state index >= 15 is 0 Å². The molecule has 3 aromatic rings. The van der Waals surface area contributed by atoms with Gasteiger partial charge in [-0.05, 0) is 36.2 Å². The van der Waals surface area contributed by atoms with Crippen molar-refractivity contribution in [3.05, 3.63) is 75.6 Å². The first-order chi connectivity index (χ1) is 12.6. The van der Waals surface area contributed by atoms with Gasteiger partial charge in [0.25, 0.3) is 0 Å². The van der Waals surface area contributed by atoms with Crippen molar-refractivity contribution in [3.63, 3.8) is 0 Å². The molecule has 0 unspecified atom stereocenters. The van der Waals surface area contributed by atoms with Gasteiger partial charge in [0, 0.05) is 23.2 Å². The zero-order chi connectivity index (χ0) is 18.7. The minimum absolute atomic E-state index is 0.0389. The third kappa shape index (κ3) is 3.02. The molecule has 134 valence electrons. The highest BCUT2D eigenvalue weighted by Gasteiger charge is 2.23. The van der Waals surface area contributed by atoms with E-state index in [1.807, 2.05) is 48.5 Å². The van der Waals surface area contributed by atoms with Crippen molar-refractivity contribution >= 4 is 16.9 Å². The normalized spacial score (nSPS) is 10.9. The van der Waals surface area contributed by atoms with Crippen LogP contribution in [0.15, 0.2) is 53.3 Å². The van der Waals surface area contributed by atoms with Crippen molar-refractivity contribution in [2.24, 2.45) is 5.73 Å². The van der Waals surface area contributed by atoms with Crippen LogP contribution in [0.5, 0.6) is 0 Å². The zero-order valence-corrected chi connectivity index (χ0v) is 15.0. The van der Waals surface area contributed by atoms with Crippen LogP contribution in [0.1, 0.15) is 35.0 Å². The fourth-order valence-corrected chi connectivity index (χ4v) is 3.27. The van der Waals surface area contributed by atoms with Gasteiger partial charge in [0.2, 0.25) is 0 Å². The Morgan fingerprint density at radius 2 is 1.88 bits per heavy atom. The van der Waals surface area contributed by atoms with Crippen LogP contribution >= 0.6 is 0 Å². The van der Waals surface area contributed by atoms with Gasteiger partial charge in [-0.15, -0.1) is 0 Å². The van der Waals surface area contributed by atoms with E-state index in [2.05, 4.69) is 6.92 Å². The molecule has 5 nitrogen and oxygen atoms in total. The second kappa shape index (κ2) is 7.54. The van der Waals surface area contributed by atoms with Crippen LogP contribution in [-0.4, -0.2) is 17.6 Å². The van der Waals surface area contributed by atoms with Gasteiger partial charge in [-0.2, -0.15) is 0 Å². The molecule has 0 aliphatic rings. The molecule has 5 heteroatoms. The van der Waals surface area contributed by atoms with E-state index in [0.29, 0.717) is 10.9 Å². The largest absolute Gasteiger partial charge is 0.464 e. The number of ether oxygens (including phenoxy) is 1. The number of hydrogen-bond donors (Lipinski definition) is 1. The van der Waals surface area contributed by atoms with Crippen LogP contribution in [0.25, 0.3) is 16.6 Å². The molecule has 1 aromatic heterocycles. The molecule has 0 saturated heterocycles. The molecule has 0 aliphatic carbocycles. The second-order valence-electron chi connectivity index (χ2n) is 6.12. The molecule has 0 amide bonds. The number of carbonyl (C=O) groups excluding carboxylic acids is 1. The van der Waals surface area contributed by atoms with E-state index in [1.165, 1.54) is 7.11 Å². The van der Waals surface area contributed by atoms with Crippen LogP contribution in [0.4, 0.5) is 0 Å². The lowest BCUT2D eigenvalue weighted by atomic mass is 10.0. The highest BCUT2D eigenvalue weighted by molar-refractivity contribution is 5.95. The maximum Gasteiger partial charge on any atom is 0.355 e. The number of hydrogen-bond acceptors (Lipinski definition) is 4. The molecule has 0 saturated carbocycles. The highest BCUT2D eigenvalue weighted by Crippen LogP contribution is 2.24. The SMILES string of the molecule is CCCc1ccc2c(=O)c(CN)c(C(=O)OC)n(-c3ccccc3)c2c1. The average Bonchev–Trinajstić information content (AvgIpc) is 2.68. The standard InChI is InChI=1S/C21H22N2O3/c1-3-7-14-10-11-16-18(12-14)23(15-8-5-4-6-9-15)19(21(25)26-2)17(13-22)20(16)24/h4-6,8-12H,3,7,13,22H2,1-2H3. The number of methoxy groups -OCH3 is 1. The fourth-order valence-electron chi connectivity index (χ4n) is 3.27. The smallest absolute Gasteiger partial charge is 0.355 e. The maximum absolute atomic E-state index is 13.0. The van der Waals surface area contributed by atoms with Crippen LogP contribution in [0.3, 0.4) is 0 Å². The minimum atomic E-state index is -0.575. The van der Waals surface area contributed by atoms with Gasteiger partial charge in [-0.1, -0.05) is 37.6 Å². The summed E-state index contributed by atoms with van der Waals surface area (Å²) in [6.45, 7) is 2.06. The number of nitrogens with two attached hydrogens (primary N) is 1. The Labute approximate surface area is 152 Å². The summed E-state index contributed by atoms with van der Waals surface area (Å²) in [6.07, 6.45) is 1.89. The summed E-state index contributed by atoms with van der Waals surface area (Å²) in [4.78, 5) is 25.5. The molecule has 3 rings (SSSR count). The van der Waals surface area contributed by atoms with Crippen molar-refractivity contribution in [1.82, 2.24) is 4.57 Å². The van der Waals surface area contributed by atoms with E-state index in [1.54, 1.807) is 4.57 Å². The molecule has 0 aliphatic heterocycles. The van der Waals surface area contributed by atoms with E-state index < -0.39 is 5.97 Å². The number of benzene rings is 2. The third-order valence-corrected chi connectivity index (χ3v) is 4.47. The van der Waals surface area contributed by atoms with Crippen molar-refractivity contribution in [2.75, 3.05) is 7.11 Å². The molecule has 26 heavy (non-hydrogen) atoms. The number of nitrogens with zero attached hydrogens (tertiary/aromatic N) is 1. The molecule has 0 atom stereocenters. The van der Waals surface area contributed by atoms with Gasteiger partial charge in [0.05, 0.1) is 12.6 Å². The summed E-state index contributed by atoms with van der Waals surface area (Å²) in [7, 11) is 1.31. The number of para-hydroxylation sites is 1. The van der Waals surface area contributed by atoms with Gasteiger partial charge < -0.3 is 15.0 Å².